The van der Waals surface area contributed by atoms with Crippen molar-refractivity contribution in [1.29, 1.82) is 0 Å². The van der Waals surface area contributed by atoms with Gasteiger partial charge in [-0.1, -0.05) is 19.1 Å². The number of hydrogen-bond acceptors (Lipinski definition) is 2. The van der Waals surface area contributed by atoms with Crippen molar-refractivity contribution in [3.63, 3.8) is 0 Å². The molecule has 2 amide bonds. The van der Waals surface area contributed by atoms with Gasteiger partial charge >= 0.3 is 0 Å². The van der Waals surface area contributed by atoms with Crippen molar-refractivity contribution in [2.45, 2.75) is 51.5 Å². The molecule has 2 aliphatic rings. The van der Waals surface area contributed by atoms with Crippen LogP contribution in [0, 0.1) is 5.92 Å². The first-order chi connectivity index (χ1) is 9.05. The summed E-state index contributed by atoms with van der Waals surface area (Å²) in [6.07, 6.45) is 8.77. The molecule has 4 nitrogen and oxygen atoms in total. The zero-order valence-corrected chi connectivity index (χ0v) is 11.9. The van der Waals surface area contributed by atoms with Crippen LogP contribution in [-0.2, 0) is 9.59 Å². The van der Waals surface area contributed by atoms with Gasteiger partial charge < -0.3 is 10.2 Å². The summed E-state index contributed by atoms with van der Waals surface area (Å²) in [5.74, 6) is 0.613. The van der Waals surface area contributed by atoms with E-state index in [9.17, 15) is 9.59 Å². The van der Waals surface area contributed by atoms with Crippen molar-refractivity contribution < 1.29 is 9.59 Å². The quantitative estimate of drug-likeness (QED) is 0.791. The standard InChI is InChI=1S/C15H24N2O2/c1-3-15(2)14(19)17(10-9-13(18)16-15)11-12-7-5-4-6-8-12/h4-5,12H,3,6-11H2,1-2H3,(H,16,18). The molecule has 1 N–H and O–H groups in total. The second kappa shape index (κ2) is 5.76. The Morgan fingerprint density at radius 2 is 2.21 bits per heavy atom. The third-order valence-electron chi connectivity index (χ3n) is 4.35. The fraction of sp³-hybridized carbons (Fsp3) is 0.733. The van der Waals surface area contributed by atoms with Crippen molar-refractivity contribution in [2.75, 3.05) is 13.1 Å². The van der Waals surface area contributed by atoms with Gasteiger partial charge in [-0.25, -0.2) is 0 Å². The molecule has 0 radical (unpaired) electrons. The van der Waals surface area contributed by atoms with Crippen molar-refractivity contribution in [1.82, 2.24) is 10.2 Å². The first kappa shape index (κ1) is 14.1. The van der Waals surface area contributed by atoms with Gasteiger partial charge in [0.1, 0.15) is 5.54 Å². The van der Waals surface area contributed by atoms with E-state index in [-0.39, 0.29) is 11.8 Å². The molecule has 1 aliphatic carbocycles. The predicted molar refractivity (Wildman–Crippen MR) is 74.5 cm³/mol. The highest BCUT2D eigenvalue weighted by Gasteiger charge is 2.39. The van der Waals surface area contributed by atoms with Gasteiger partial charge in [-0.3, -0.25) is 9.59 Å². The molecule has 0 bridgehead atoms. The van der Waals surface area contributed by atoms with Gasteiger partial charge in [0.15, 0.2) is 0 Å². The van der Waals surface area contributed by atoms with Crippen LogP contribution in [0.25, 0.3) is 0 Å². The first-order valence-electron chi connectivity index (χ1n) is 7.30. The Balaban J connectivity index is 2.08. The normalized spacial score (nSPS) is 32.1. The molecule has 2 rings (SSSR count). The summed E-state index contributed by atoms with van der Waals surface area (Å²) >= 11 is 0. The van der Waals surface area contributed by atoms with Gasteiger partial charge in [0.25, 0.3) is 0 Å². The number of carbonyl (C=O) groups excluding carboxylic acids is 2. The van der Waals surface area contributed by atoms with Crippen LogP contribution in [0.2, 0.25) is 0 Å². The molecule has 1 aliphatic heterocycles. The van der Waals surface area contributed by atoms with E-state index in [1.54, 1.807) is 0 Å². The van der Waals surface area contributed by atoms with Crippen LogP contribution in [-0.4, -0.2) is 35.3 Å². The number of nitrogens with zero attached hydrogens (tertiary/aromatic N) is 1. The molecule has 0 aromatic rings. The highest BCUT2D eigenvalue weighted by molar-refractivity contribution is 5.93. The average molecular weight is 264 g/mol. The van der Waals surface area contributed by atoms with E-state index in [4.69, 9.17) is 0 Å². The lowest BCUT2D eigenvalue weighted by Crippen LogP contribution is -2.55. The van der Waals surface area contributed by atoms with Crippen molar-refractivity contribution in [3.05, 3.63) is 12.2 Å². The molecule has 0 saturated carbocycles. The maximum absolute atomic E-state index is 12.6. The van der Waals surface area contributed by atoms with Crippen LogP contribution in [0.3, 0.4) is 0 Å². The third kappa shape index (κ3) is 3.17. The number of carbonyl (C=O) groups is 2. The summed E-state index contributed by atoms with van der Waals surface area (Å²) in [4.78, 5) is 26.2. The molecule has 0 spiro atoms. The molecule has 19 heavy (non-hydrogen) atoms. The Hall–Kier alpha value is -1.32. The molecular formula is C15H24N2O2. The maximum atomic E-state index is 12.6. The van der Waals surface area contributed by atoms with Gasteiger partial charge in [-0.15, -0.1) is 0 Å². The van der Waals surface area contributed by atoms with Gasteiger partial charge in [0.05, 0.1) is 0 Å². The van der Waals surface area contributed by atoms with Gasteiger partial charge in [0.2, 0.25) is 11.8 Å². The number of nitrogens with one attached hydrogen (secondary N) is 1. The summed E-state index contributed by atoms with van der Waals surface area (Å²) in [5.41, 5.74) is -0.724. The SMILES string of the molecule is CCC1(C)NC(=O)CCN(CC2CC=CCC2)C1=O. The molecule has 0 aromatic heterocycles. The highest BCUT2D eigenvalue weighted by Crippen LogP contribution is 2.23. The highest BCUT2D eigenvalue weighted by atomic mass is 16.2. The van der Waals surface area contributed by atoms with Crippen molar-refractivity contribution in [3.8, 4) is 0 Å². The zero-order valence-electron chi connectivity index (χ0n) is 11.9. The molecule has 0 aromatic carbocycles. The Morgan fingerprint density at radius 1 is 1.42 bits per heavy atom. The maximum Gasteiger partial charge on any atom is 0.248 e. The summed E-state index contributed by atoms with van der Waals surface area (Å²) in [6.45, 7) is 5.13. The average Bonchev–Trinajstić information content (AvgIpc) is 2.52. The Bertz CT molecular complexity index is 392. The molecule has 1 saturated heterocycles. The van der Waals surface area contributed by atoms with E-state index in [2.05, 4.69) is 17.5 Å². The number of allylic oxidation sites excluding steroid dienone is 2. The van der Waals surface area contributed by atoms with Crippen LogP contribution < -0.4 is 5.32 Å². The third-order valence-corrected chi connectivity index (χ3v) is 4.35. The predicted octanol–water partition coefficient (Wildman–Crippen LogP) is 1.86. The van der Waals surface area contributed by atoms with Crippen LogP contribution in [0.5, 0.6) is 0 Å². The lowest BCUT2D eigenvalue weighted by atomic mass is 9.92. The van der Waals surface area contributed by atoms with Gasteiger partial charge in [-0.2, -0.15) is 0 Å². The monoisotopic (exact) mass is 264 g/mol. The van der Waals surface area contributed by atoms with Gasteiger partial charge in [-0.05, 0) is 38.5 Å². The molecule has 4 heteroatoms. The summed E-state index contributed by atoms with van der Waals surface area (Å²) in [5, 5.41) is 2.88. The fourth-order valence-electron chi connectivity index (χ4n) is 2.86. The van der Waals surface area contributed by atoms with E-state index in [1.165, 1.54) is 0 Å². The molecule has 106 valence electrons. The Morgan fingerprint density at radius 3 is 2.84 bits per heavy atom. The largest absolute Gasteiger partial charge is 0.342 e. The summed E-state index contributed by atoms with van der Waals surface area (Å²) in [7, 11) is 0. The summed E-state index contributed by atoms with van der Waals surface area (Å²) in [6, 6.07) is 0. The topological polar surface area (TPSA) is 49.4 Å². The molecule has 2 atom stereocenters. The minimum absolute atomic E-state index is 0.0104. The van der Waals surface area contributed by atoms with E-state index in [0.29, 0.717) is 25.3 Å². The Labute approximate surface area is 115 Å². The first-order valence-corrected chi connectivity index (χ1v) is 7.30. The Kier molecular flexibility index (Phi) is 4.27. The smallest absolute Gasteiger partial charge is 0.248 e. The van der Waals surface area contributed by atoms with E-state index < -0.39 is 5.54 Å². The van der Waals surface area contributed by atoms with E-state index in [0.717, 1.165) is 25.8 Å². The lowest BCUT2D eigenvalue weighted by molar-refractivity contribution is -0.138. The van der Waals surface area contributed by atoms with E-state index >= 15 is 0 Å². The summed E-state index contributed by atoms with van der Waals surface area (Å²) < 4.78 is 0. The molecule has 2 unspecified atom stereocenters. The van der Waals surface area contributed by atoms with Crippen LogP contribution in [0.1, 0.15) is 46.0 Å². The lowest BCUT2D eigenvalue weighted by Gasteiger charge is -2.33. The van der Waals surface area contributed by atoms with Crippen molar-refractivity contribution in [2.24, 2.45) is 5.92 Å². The minimum atomic E-state index is -0.724. The molecule has 1 heterocycles. The van der Waals surface area contributed by atoms with Crippen LogP contribution >= 0.6 is 0 Å². The van der Waals surface area contributed by atoms with Gasteiger partial charge in [0, 0.05) is 19.5 Å². The van der Waals surface area contributed by atoms with Crippen LogP contribution in [0.4, 0.5) is 0 Å². The minimum Gasteiger partial charge on any atom is -0.342 e. The fourth-order valence-corrected chi connectivity index (χ4v) is 2.86. The molecule has 1 fully saturated rings. The second-order valence-corrected chi connectivity index (χ2v) is 5.89. The number of amides is 2. The molecular weight excluding hydrogens is 240 g/mol. The van der Waals surface area contributed by atoms with E-state index in [1.807, 2.05) is 18.7 Å². The second-order valence-electron chi connectivity index (χ2n) is 5.89. The van der Waals surface area contributed by atoms with Crippen molar-refractivity contribution >= 4 is 11.8 Å². The number of rotatable bonds is 3. The zero-order chi connectivity index (χ0) is 13.9. The van der Waals surface area contributed by atoms with Crippen LogP contribution in [0.15, 0.2) is 12.2 Å². The number of hydrogen-bond donors (Lipinski definition) is 1.